The third kappa shape index (κ3) is 18.6. The van der Waals surface area contributed by atoms with Crippen LogP contribution in [0.15, 0.2) is 0 Å². The topological polar surface area (TPSA) is 0 Å². The average molecular weight is 307 g/mol. The van der Waals surface area contributed by atoms with Gasteiger partial charge in [-0.1, -0.05) is 27.2 Å². The Bertz CT molecular complexity index is 22.0. The molecule has 0 unspecified atom stereocenters. The maximum atomic E-state index is 2.92. The van der Waals surface area contributed by atoms with Crippen LogP contribution in [-0.2, 0) is 17.3 Å². The Morgan fingerprint density at radius 2 is 1.57 bits per heavy atom. The Morgan fingerprint density at radius 1 is 1.43 bits per heavy atom. The summed E-state index contributed by atoms with van der Waals surface area (Å²) in [5, 5.41) is 0. The molecule has 0 atom stereocenters. The summed E-state index contributed by atoms with van der Waals surface area (Å²) in [4.78, 5) is 0. The van der Waals surface area contributed by atoms with E-state index in [1.807, 2.05) is 19.0 Å². The SMILES string of the molecule is CCC(C)C.[Ag][I]. The third-order valence-electron chi connectivity index (χ3n) is 0.816. The number of halogens is 1. The van der Waals surface area contributed by atoms with E-state index in [1.165, 1.54) is 6.42 Å². The molecule has 0 aliphatic carbocycles. The molecule has 0 N–H and O–H groups in total. The molecule has 0 radical (unpaired) electrons. The molecule has 0 aromatic carbocycles. The van der Waals surface area contributed by atoms with Crippen LogP contribution in [0, 0.1) is 5.92 Å². The summed E-state index contributed by atoms with van der Waals surface area (Å²) in [6.45, 7) is 6.64. The van der Waals surface area contributed by atoms with Crippen molar-refractivity contribution in [2.24, 2.45) is 5.92 Å². The van der Waals surface area contributed by atoms with Crippen molar-refractivity contribution < 1.29 is 17.3 Å². The van der Waals surface area contributed by atoms with Gasteiger partial charge in [0.15, 0.2) is 0 Å². The molecule has 2 heteroatoms. The Kier molecular flexibility index (Phi) is 16.9. The van der Waals surface area contributed by atoms with Crippen LogP contribution in [0.3, 0.4) is 0 Å². The monoisotopic (exact) mass is 306 g/mol. The molecular formula is C5H12AgI. The van der Waals surface area contributed by atoms with Crippen molar-refractivity contribution in [1.29, 1.82) is 0 Å². The predicted molar refractivity (Wildman–Crippen MR) is 39.1 cm³/mol. The second-order valence-corrected chi connectivity index (χ2v) is 1.80. The molecule has 0 heterocycles. The second-order valence-electron chi connectivity index (χ2n) is 1.80. The quantitative estimate of drug-likeness (QED) is 0.516. The van der Waals surface area contributed by atoms with Crippen LogP contribution >= 0.6 is 19.0 Å². The zero-order valence-corrected chi connectivity index (χ0v) is 8.60. The van der Waals surface area contributed by atoms with E-state index in [4.69, 9.17) is 0 Å². The fourth-order valence-electron chi connectivity index (χ4n) is 0. The fourth-order valence-corrected chi connectivity index (χ4v) is 0. The van der Waals surface area contributed by atoms with E-state index in [1.54, 1.807) is 0 Å². The van der Waals surface area contributed by atoms with Gasteiger partial charge in [-0.25, -0.2) is 0 Å². The normalized spacial score (nSPS) is 7.86. The number of hydrogen-bond donors (Lipinski definition) is 0. The van der Waals surface area contributed by atoms with Gasteiger partial charge in [-0.15, -0.1) is 0 Å². The van der Waals surface area contributed by atoms with Crippen molar-refractivity contribution in [3.8, 4) is 0 Å². The molecule has 0 aromatic rings. The van der Waals surface area contributed by atoms with E-state index in [0.717, 1.165) is 5.92 Å². The first-order chi connectivity index (χ1) is 3.27. The van der Waals surface area contributed by atoms with E-state index in [-0.39, 0.29) is 0 Å². The summed E-state index contributed by atoms with van der Waals surface area (Å²) in [6, 6.07) is 0. The molecule has 0 aromatic heterocycles. The van der Waals surface area contributed by atoms with Gasteiger partial charge in [0.05, 0.1) is 0 Å². The first-order valence-corrected chi connectivity index (χ1v) is 6.79. The van der Waals surface area contributed by atoms with Gasteiger partial charge >= 0.3 is 36.3 Å². The molecule has 0 aliphatic rings. The average Bonchev–Trinajstić information content (AvgIpc) is 1.73. The molecule has 50 valence electrons. The minimum absolute atomic E-state index is 0.884. The molecule has 0 bridgehead atoms. The second kappa shape index (κ2) is 10.5. The summed E-state index contributed by atoms with van der Waals surface area (Å²) in [5.74, 6) is 0.884. The van der Waals surface area contributed by atoms with E-state index >= 15 is 0 Å². The van der Waals surface area contributed by atoms with Crippen LogP contribution in [0.25, 0.3) is 0 Å². The zero-order valence-electron chi connectivity index (χ0n) is 4.96. The zero-order chi connectivity index (χ0) is 6.28. The molecule has 0 spiro atoms. The summed E-state index contributed by atoms with van der Waals surface area (Å²) in [6.07, 6.45) is 1.31. The van der Waals surface area contributed by atoms with Gasteiger partial charge in [-0.2, -0.15) is 0 Å². The van der Waals surface area contributed by atoms with Crippen LogP contribution in [0.1, 0.15) is 27.2 Å². The molecular weight excluding hydrogens is 295 g/mol. The van der Waals surface area contributed by atoms with E-state index in [2.05, 4.69) is 38.0 Å². The van der Waals surface area contributed by atoms with E-state index < -0.39 is 0 Å². The Morgan fingerprint density at radius 3 is 1.57 bits per heavy atom. The van der Waals surface area contributed by atoms with Crippen LogP contribution in [0.2, 0.25) is 0 Å². The van der Waals surface area contributed by atoms with Crippen molar-refractivity contribution in [1.82, 2.24) is 0 Å². The molecule has 0 fully saturated rings. The van der Waals surface area contributed by atoms with Crippen molar-refractivity contribution in [3.63, 3.8) is 0 Å². The molecule has 0 aliphatic heterocycles. The van der Waals surface area contributed by atoms with Crippen LogP contribution < -0.4 is 0 Å². The molecule has 0 saturated carbocycles. The van der Waals surface area contributed by atoms with Crippen LogP contribution in [-0.4, -0.2) is 0 Å². The summed E-state index contributed by atoms with van der Waals surface area (Å²) in [5.41, 5.74) is 0. The summed E-state index contributed by atoms with van der Waals surface area (Å²) < 4.78 is 0. The van der Waals surface area contributed by atoms with Crippen molar-refractivity contribution in [2.75, 3.05) is 0 Å². The van der Waals surface area contributed by atoms with Crippen molar-refractivity contribution >= 4 is 19.0 Å². The molecule has 0 nitrogen and oxygen atoms in total. The number of hydrogen-bond acceptors (Lipinski definition) is 0. The van der Waals surface area contributed by atoms with Crippen molar-refractivity contribution in [3.05, 3.63) is 0 Å². The summed E-state index contributed by atoms with van der Waals surface area (Å²) in [7, 11) is 0. The first-order valence-electron chi connectivity index (χ1n) is 2.38. The van der Waals surface area contributed by atoms with Crippen molar-refractivity contribution in [2.45, 2.75) is 27.2 Å². The fraction of sp³-hybridized carbons (Fsp3) is 1.00. The Balaban J connectivity index is 0. The summed E-state index contributed by atoms with van der Waals surface area (Å²) >= 11 is 4.88. The Hall–Kier alpha value is 1.47. The standard InChI is InChI=1S/C5H12.Ag.HI/c1-4-5(2)3;;/h5H,4H2,1-3H3;;1H/q;+1;/p-1. The van der Waals surface area contributed by atoms with Gasteiger partial charge in [0.2, 0.25) is 0 Å². The van der Waals surface area contributed by atoms with Crippen LogP contribution in [0.5, 0.6) is 0 Å². The molecule has 0 rings (SSSR count). The molecule has 0 saturated heterocycles. The first kappa shape index (κ1) is 11.3. The maximum absolute atomic E-state index is 2.92. The van der Waals surface area contributed by atoms with Gasteiger partial charge in [0.1, 0.15) is 0 Å². The number of rotatable bonds is 1. The van der Waals surface area contributed by atoms with Gasteiger partial charge in [0.25, 0.3) is 0 Å². The van der Waals surface area contributed by atoms with E-state index in [0.29, 0.717) is 0 Å². The van der Waals surface area contributed by atoms with Crippen LogP contribution in [0.4, 0.5) is 0 Å². The van der Waals surface area contributed by atoms with Gasteiger partial charge in [-0.05, 0) is 5.92 Å². The van der Waals surface area contributed by atoms with Gasteiger partial charge in [0, 0.05) is 0 Å². The third-order valence-corrected chi connectivity index (χ3v) is 0.816. The van der Waals surface area contributed by atoms with Gasteiger partial charge < -0.3 is 0 Å². The minimum atomic E-state index is 0.884. The molecule has 0 amide bonds. The van der Waals surface area contributed by atoms with Gasteiger partial charge in [-0.3, -0.25) is 0 Å². The predicted octanol–water partition coefficient (Wildman–Crippen LogP) is 2.94. The molecule has 7 heavy (non-hydrogen) atoms. The van der Waals surface area contributed by atoms with E-state index in [9.17, 15) is 0 Å². The Labute approximate surface area is 68.9 Å².